The first kappa shape index (κ1) is 15.1. The van der Waals surface area contributed by atoms with Crippen LogP contribution in [0.2, 0.25) is 0 Å². The fourth-order valence-electron chi connectivity index (χ4n) is 2.24. The van der Waals surface area contributed by atoms with Gasteiger partial charge in [-0.1, -0.05) is 6.92 Å². The molecule has 1 aromatic rings. The summed E-state index contributed by atoms with van der Waals surface area (Å²) in [4.78, 5) is 12.8. The van der Waals surface area contributed by atoms with Gasteiger partial charge in [-0.2, -0.15) is 5.26 Å². The molecule has 0 unspecified atom stereocenters. The van der Waals surface area contributed by atoms with E-state index in [2.05, 4.69) is 11.0 Å². The Bertz CT molecular complexity index is 550. The lowest BCUT2D eigenvalue weighted by Gasteiger charge is -2.24. The zero-order valence-electron chi connectivity index (χ0n) is 12.1. The third kappa shape index (κ3) is 3.85. The van der Waals surface area contributed by atoms with E-state index in [1.165, 1.54) is 6.07 Å². The molecule has 0 aliphatic heterocycles. The smallest absolute Gasteiger partial charge is 0.311 e. The molecule has 1 aliphatic carbocycles. The second-order valence-electron chi connectivity index (χ2n) is 5.09. The normalized spacial score (nSPS) is 13.5. The maximum absolute atomic E-state index is 11.1. The molecule has 0 amide bonds. The maximum atomic E-state index is 11.1. The number of rotatable bonds is 8. The number of anilines is 1. The van der Waals surface area contributed by atoms with Gasteiger partial charge in [0.15, 0.2) is 5.75 Å². The first-order valence-corrected chi connectivity index (χ1v) is 7.22. The van der Waals surface area contributed by atoms with E-state index in [1.807, 2.05) is 6.92 Å². The Balaban J connectivity index is 2.26. The molecule has 0 bridgehead atoms. The fraction of sp³-hybridized carbons (Fsp3) is 0.533. The Kier molecular flexibility index (Phi) is 4.99. The summed E-state index contributed by atoms with van der Waals surface area (Å²) in [6.07, 6.45) is 3.45. The van der Waals surface area contributed by atoms with E-state index < -0.39 is 4.92 Å². The number of hydrogen-bond acceptors (Lipinski definition) is 5. The summed E-state index contributed by atoms with van der Waals surface area (Å²) in [5.41, 5.74) is 0.882. The van der Waals surface area contributed by atoms with Crippen molar-refractivity contribution in [2.45, 2.75) is 38.6 Å². The number of nitro benzene ring substituents is 1. The quantitative estimate of drug-likeness (QED) is 0.542. The van der Waals surface area contributed by atoms with E-state index in [9.17, 15) is 10.1 Å². The van der Waals surface area contributed by atoms with Gasteiger partial charge in [0.05, 0.1) is 24.0 Å². The largest absolute Gasteiger partial charge is 0.487 e. The van der Waals surface area contributed by atoms with Crippen molar-refractivity contribution in [3.8, 4) is 11.8 Å². The van der Waals surface area contributed by atoms with E-state index in [0.717, 1.165) is 24.9 Å². The van der Waals surface area contributed by atoms with Crippen molar-refractivity contribution < 1.29 is 9.66 Å². The molecule has 1 fully saturated rings. The average Bonchev–Trinajstić information content (AvgIpc) is 3.30. The molecule has 0 aromatic heterocycles. The number of ether oxygens (including phenoxy) is 1. The summed E-state index contributed by atoms with van der Waals surface area (Å²) in [5, 5.41) is 19.8. The predicted molar refractivity (Wildman–Crippen MR) is 79.5 cm³/mol. The zero-order valence-corrected chi connectivity index (χ0v) is 12.1. The number of hydrogen-bond donors (Lipinski definition) is 0. The van der Waals surface area contributed by atoms with Crippen molar-refractivity contribution in [2.24, 2.45) is 0 Å². The summed E-state index contributed by atoms with van der Waals surface area (Å²) < 4.78 is 5.51. The standard InChI is InChI=1S/C15H19N3O3/c1-2-10-21-15-11-13(6-7-14(15)18(19)20)17(9-3-8-16)12-4-5-12/h6-7,11-12H,2-5,9-10H2,1H3. The highest BCUT2D eigenvalue weighted by Crippen LogP contribution is 2.37. The van der Waals surface area contributed by atoms with Crippen LogP contribution in [0, 0.1) is 21.4 Å². The molecule has 6 heteroatoms. The summed E-state index contributed by atoms with van der Waals surface area (Å²) >= 11 is 0. The number of benzene rings is 1. The van der Waals surface area contributed by atoms with Crippen molar-refractivity contribution in [2.75, 3.05) is 18.1 Å². The second-order valence-corrected chi connectivity index (χ2v) is 5.09. The van der Waals surface area contributed by atoms with E-state index in [1.54, 1.807) is 12.1 Å². The van der Waals surface area contributed by atoms with Crippen molar-refractivity contribution in [1.29, 1.82) is 5.26 Å². The molecule has 2 rings (SSSR count). The lowest BCUT2D eigenvalue weighted by Crippen LogP contribution is -2.26. The number of nitrogens with zero attached hydrogens (tertiary/aromatic N) is 3. The molecule has 1 aromatic carbocycles. The summed E-state index contributed by atoms with van der Waals surface area (Å²) in [5.74, 6) is 0.307. The van der Waals surface area contributed by atoms with Crippen LogP contribution in [0.3, 0.4) is 0 Å². The molecule has 0 N–H and O–H groups in total. The molecular formula is C15H19N3O3. The van der Waals surface area contributed by atoms with Gasteiger partial charge in [-0.25, -0.2) is 0 Å². The molecule has 112 valence electrons. The highest BCUT2D eigenvalue weighted by molar-refractivity contribution is 5.60. The van der Waals surface area contributed by atoms with Crippen LogP contribution in [0.15, 0.2) is 18.2 Å². The van der Waals surface area contributed by atoms with Crippen LogP contribution in [-0.2, 0) is 0 Å². The van der Waals surface area contributed by atoms with E-state index in [4.69, 9.17) is 10.00 Å². The SMILES string of the molecule is CCCOc1cc(N(CCC#N)C2CC2)ccc1[N+](=O)[O-]. The minimum atomic E-state index is -0.425. The van der Waals surface area contributed by atoms with Crippen molar-refractivity contribution >= 4 is 11.4 Å². The van der Waals surface area contributed by atoms with E-state index in [-0.39, 0.29) is 5.69 Å². The van der Waals surface area contributed by atoms with Gasteiger partial charge in [0.25, 0.3) is 0 Å². The van der Waals surface area contributed by atoms with Gasteiger partial charge in [0, 0.05) is 30.4 Å². The summed E-state index contributed by atoms with van der Waals surface area (Å²) in [6, 6.07) is 7.55. The third-order valence-corrected chi connectivity index (χ3v) is 3.39. The predicted octanol–water partition coefficient (Wildman–Crippen LogP) is 3.27. The minimum absolute atomic E-state index is 0.0109. The Labute approximate surface area is 124 Å². The Hall–Kier alpha value is -2.29. The molecule has 0 radical (unpaired) electrons. The van der Waals surface area contributed by atoms with Crippen molar-refractivity contribution in [1.82, 2.24) is 0 Å². The van der Waals surface area contributed by atoms with Crippen molar-refractivity contribution in [3.63, 3.8) is 0 Å². The minimum Gasteiger partial charge on any atom is -0.487 e. The van der Waals surface area contributed by atoms with Gasteiger partial charge < -0.3 is 9.64 Å². The molecule has 0 saturated heterocycles. The second kappa shape index (κ2) is 6.93. The van der Waals surface area contributed by atoms with Crippen LogP contribution in [-0.4, -0.2) is 24.1 Å². The van der Waals surface area contributed by atoms with Crippen LogP contribution in [0.1, 0.15) is 32.6 Å². The van der Waals surface area contributed by atoms with Gasteiger partial charge in [-0.15, -0.1) is 0 Å². The zero-order chi connectivity index (χ0) is 15.2. The fourth-order valence-corrected chi connectivity index (χ4v) is 2.24. The topological polar surface area (TPSA) is 79.4 Å². The number of nitro groups is 1. The van der Waals surface area contributed by atoms with Crippen LogP contribution in [0.5, 0.6) is 5.75 Å². The van der Waals surface area contributed by atoms with Crippen molar-refractivity contribution in [3.05, 3.63) is 28.3 Å². The van der Waals surface area contributed by atoms with Gasteiger partial charge in [0.2, 0.25) is 0 Å². The van der Waals surface area contributed by atoms with E-state index in [0.29, 0.717) is 31.4 Å². The third-order valence-electron chi connectivity index (χ3n) is 3.39. The summed E-state index contributed by atoms with van der Waals surface area (Å²) in [7, 11) is 0. The van der Waals surface area contributed by atoms with E-state index >= 15 is 0 Å². The highest BCUT2D eigenvalue weighted by Gasteiger charge is 2.30. The molecule has 0 spiro atoms. The van der Waals surface area contributed by atoms with Gasteiger partial charge in [-0.3, -0.25) is 10.1 Å². The van der Waals surface area contributed by atoms with Gasteiger partial charge in [0.1, 0.15) is 0 Å². The Morgan fingerprint density at radius 1 is 1.52 bits per heavy atom. The molecule has 21 heavy (non-hydrogen) atoms. The lowest BCUT2D eigenvalue weighted by atomic mass is 10.2. The van der Waals surface area contributed by atoms with Crippen LogP contribution in [0.25, 0.3) is 0 Å². The summed E-state index contributed by atoms with van der Waals surface area (Å²) in [6.45, 7) is 3.05. The van der Waals surface area contributed by atoms with Crippen LogP contribution in [0.4, 0.5) is 11.4 Å². The maximum Gasteiger partial charge on any atom is 0.311 e. The van der Waals surface area contributed by atoms with Crippen LogP contribution >= 0.6 is 0 Å². The molecule has 0 heterocycles. The van der Waals surface area contributed by atoms with Crippen LogP contribution < -0.4 is 9.64 Å². The van der Waals surface area contributed by atoms with Gasteiger partial charge >= 0.3 is 5.69 Å². The van der Waals surface area contributed by atoms with Gasteiger partial charge in [-0.05, 0) is 25.3 Å². The molecule has 6 nitrogen and oxygen atoms in total. The Morgan fingerprint density at radius 3 is 2.86 bits per heavy atom. The molecular weight excluding hydrogens is 270 g/mol. The molecule has 0 atom stereocenters. The molecule has 1 saturated carbocycles. The first-order chi connectivity index (χ1) is 10.2. The molecule has 1 aliphatic rings. The highest BCUT2D eigenvalue weighted by atomic mass is 16.6. The lowest BCUT2D eigenvalue weighted by molar-refractivity contribution is -0.385. The Morgan fingerprint density at radius 2 is 2.29 bits per heavy atom. The average molecular weight is 289 g/mol. The first-order valence-electron chi connectivity index (χ1n) is 7.22. The monoisotopic (exact) mass is 289 g/mol. The number of nitriles is 1.